The summed E-state index contributed by atoms with van der Waals surface area (Å²) in [6.07, 6.45) is 1.02. The molecular formula is C13H26O4. The van der Waals surface area contributed by atoms with Crippen molar-refractivity contribution >= 4 is 5.97 Å². The fourth-order valence-electron chi connectivity index (χ4n) is 1.62. The van der Waals surface area contributed by atoms with Gasteiger partial charge in [-0.1, -0.05) is 13.8 Å². The lowest BCUT2D eigenvalue weighted by Gasteiger charge is -2.24. The Morgan fingerprint density at radius 3 is 1.88 bits per heavy atom. The van der Waals surface area contributed by atoms with Crippen molar-refractivity contribution in [2.45, 2.75) is 52.9 Å². The zero-order chi connectivity index (χ0) is 13.4. The molecule has 1 unspecified atom stereocenters. The first-order valence-corrected chi connectivity index (χ1v) is 6.18. The van der Waals surface area contributed by atoms with E-state index in [9.17, 15) is 4.79 Å². The SMILES string of the molecule is COC(OC)C(CCC(C)C)C(=O)OC(C)C. The summed E-state index contributed by atoms with van der Waals surface area (Å²) in [4.78, 5) is 11.9. The summed E-state index contributed by atoms with van der Waals surface area (Å²) in [5.74, 6) is -0.0529. The average Bonchev–Trinajstić information content (AvgIpc) is 2.22. The van der Waals surface area contributed by atoms with Crippen LogP contribution in [-0.4, -0.2) is 32.6 Å². The lowest BCUT2D eigenvalue weighted by molar-refractivity contribution is -0.180. The number of hydrogen-bond acceptors (Lipinski definition) is 4. The van der Waals surface area contributed by atoms with Crippen molar-refractivity contribution < 1.29 is 19.0 Å². The number of ether oxygens (including phenoxy) is 3. The van der Waals surface area contributed by atoms with Crippen molar-refractivity contribution in [3.05, 3.63) is 0 Å². The van der Waals surface area contributed by atoms with Crippen molar-refractivity contribution in [3.63, 3.8) is 0 Å². The lowest BCUT2D eigenvalue weighted by Crippen LogP contribution is -2.34. The van der Waals surface area contributed by atoms with Gasteiger partial charge in [-0.2, -0.15) is 0 Å². The second-order valence-electron chi connectivity index (χ2n) is 4.90. The van der Waals surface area contributed by atoms with E-state index in [2.05, 4.69) is 13.8 Å². The van der Waals surface area contributed by atoms with Gasteiger partial charge in [-0.25, -0.2) is 0 Å². The van der Waals surface area contributed by atoms with Gasteiger partial charge in [-0.05, 0) is 32.6 Å². The van der Waals surface area contributed by atoms with Gasteiger partial charge in [0.15, 0.2) is 6.29 Å². The van der Waals surface area contributed by atoms with Crippen molar-refractivity contribution in [1.82, 2.24) is 0 Å². The molecule has 0 radical (unpaired) electrons. The standard InChI is InChI=1S/C13H26O4/c1-9(2)7-8-11(13(15-5)16-6)12(14)17-10(3)4/h9-11,13H,7-8H2,1-6H3. The predicted octanol–water partition coefficient (Wildman–Crippen LogP) is 2.61. The first kappa shape index (κ1) is 16.4. The molecule has 0 heterocycles. The summed E-state index contributed by atoms with van der Waals surface area (Å²) in [7, 11) is 3.08. The van der Waals surface area contributed by atoms with Crippen LogP contribution in [0.2, 0.25) is 0 Å². The maximum atomic E-state index is 11.9. The zero-order valence-corrected chi connectivity index (χ0v) is 11.9. The van der Waals surface area contributed by atoms with Crippen LogP contribution in [-0.2, 0) is 19.0 Å². The van der Waals surface area contributed by atoms with E-state index in [1.807, 2.05) is 13.8 Å². The minimum Gasteiger partial charge on any atom is -0.463 e. The summed E-state index contributed by atoms with van der Waals surface area (Å²) in [5.41, 5.74) is 0. The molecule has 0 saturated carbocycles. The lowest BCUT2D eigenvalue weighted by atomic mass is 9.97. The molecule has 0 aliphatic heterocycles. The molecule has 0 aromatic heterocycles. The molecule has 0 bridgehead atoms. The molecule has 0 amide bonds. The topological polar surface area (TPSA) is 44.8 Å². The van der Waals surface area contributed by atoms with Crippen molar-refractivity contribution in [1.29, 1.82) is 0 Å². The predicted molar refractivity (Wildman–Crippen MR) is 66.6 cm³/mol. The number of methoxy groups -OCH3 is 2. The summed E-state index contributed by atoms with van der Waals surface area (Å²) < 4.78 is 15.6. The van der Waals surface area contributed by atoms with Gasteiger partial charge in [0.05, 0.1) is 6.10 Å². The van der Waals surface area contributed by atoms with Crippen LogP contribution < -0.4 is 0 Å². The molecular weight excluding hydrogens is 220 g/mol. The molecule has 0 saturated heterocycles. The highest BCUT2D eigenvalue weighted by Crippen LogP contribution is 2.20. The van der Waals surface area contributed by atoms with Crippen LogP contribution in [0.3, 0.4) is 0 Å². The van der Waals surface area contributed by atoms with E-state index in [0.717, 1.165) is 12.8 Å². The Balaban J connectivity index is 4.53. The molecule has 0 fully saturated rings. The van der Waals surface area contributed by atoms with Gasteiger partial charge in [0, 0.05) is 14.2 Å². The summed E-state index contributed by atoms with van der Waals surface area (Å²) in [6, 6.07) is 0. The average molecular weight is 246 g/mol. The first-order chi connectivity index (χ1) is 7.92. The highest BCUT2D eigenvalue weighted by molar-refractivity contribution is 5.73. The molecule has 17 heavy (non-hydrogen) atoms. The molecule has 4 nitrogen and oxygen atoms in total. The quantitative estimate of drug-likeness (QED) is 0.488. The summed E-state index contributed by atoms with van der Waals surface area (Å²) in [5, 5.41) is 0. The molecule has 0 rings (SSSR count). The van der Waals surface area contributed by atoms with E-state index in [4.69, 9.17) is 14.2 Å². The van der Waals surface area contributed by atoms with Crippen molar-refractivity contribution in [3.8, 4) is 0 Å². The Hall–Kier alpha value is -0.610. The molecule has 0 aromatic carbocycles. The normalized spacial score (nSPS) is 13.5. The number of hydrogen-bond donors (Lipinski definition) is 0. The van der Waals surface area contributed by atoms with Crippen LogP contribution in [0, 0.1) is 11.8 Å². The largest absolute Gasteiger partial charge is 0.463 e. The monoisotopic (exact) mass is 246 g/mol. The Morgan fingerprint density at radius 1 is 1.00 bits per heavy atom. The van der Waals surface area contributed by atoms with Crippen molar-refractivity contribution in [2.24, 2.45) is 11.8 Å². The van der Waals surface area contributed by atoms with Crippen LogP contribution in [0.4, 0.5) is 0 Å². The van der Waals surface area contributed by atoms with E-state index in [1.165, 1.54) is 0 Å². The van der Waals surface area contributed by atoms with E-state index >= 15 is 0 Å². The number of esters is 1. The molecule has 1 atom stereocenters. The maximum Gasteiger partial charge on any atom is 0.314 e. The van der Waals surface area contributed by atoms with E-state index in [1.54, 1.807) is 14.2 Å². The Kier molecular flexibility index (Phi) is 8.17. The maximum absolute atomic E-state index is 11.9. The van der Waals surface area contributed by atoms with Crippen LogP contribution in [0.15, 0.2) is 0 Å². The number of carbonyl (C=O) groups excluding carboxylic acids is 1. The molecule has 4 heteroatoms. The highest BCUT2D eigenvalue weighted by Gasteiger charge is 2.30. The molecule has 102 valence electrons. The minimum atomic E-state index is -0.528. The van der Waals surface area contributed by atoms with Crippen LogP contribution in [0.1, 0.15) is 40.5 Å². The van der Waals surface area contributed by atoms with Gasteiger partial charge in [0.1, 0.15) is 5.92 Å². The second kappa shape index (κ2) is 8.48. The van der Waals surface area contributed by atoms with Crippen LogP contribution >= 0.6 is 0 Å². The van der Waals surface area contributed by atoms with Crippen molar-refractivity contribution in [2.75, 3.05) is 14.2 Å². The third kappa shape index (κ3) is 6.64. The Bertz CT molecular complexity index is 209. The van der Waals surface area contributed by atoms with Gasteiger partial charge >= 0.3 is 5.97 Å². The number of carbonyl (C=O) groups is 1. The molecule has 0 aromatic rings. The molecule has 0 spiro atoms. The van der Waals surface area contributed by atoms with E-state index in [0.29, 0.717) is 5.92 Å². The second-order valence-corrected chi connectivity index (χ2v) is 4.90. The highest BCUT2D eigenvalue weighted by atomic mass is 16.7. The Morgan fingerprint density at radius 2 is 1.53 bits per heavy atom. The summed E-state index contributed by atoms with van der Waals surface area (Å²) >= 11 is 0. The first-order valence-electron chi connectivity index (χ1n) is 6.18. The van der Waals surface area contributed by atoms with E-state index in [-0.39, 0.29) is 18.0 Å². The third-order valence-corrected chi connectivity index (χ3v) is 2.50. The fraction of sp³-hybridized carbons (Fsp3) is 0.923. The van der Waals surface area contributed by atoms with Crippen LogP contribution in [0.25, 0.3) is 0 Å². The molecule has 0 aliphatic rings. The van der Waals surface area contributed by atoms with E-state index < -0.39 is 6.29 Å². The Labute approximate surface area is 105 Å². The van der Waals surface area contributed by atoms with Gasteiger partial charge in [0.25, 0.3) is 0 Å². The third-order valence-electron chi connectivity index (χ3n) is 2.50. The van der Waals surface area contributed by atoms with Gasteiger partial charge in [0.2, 0.25) is 0 Å². The minimum absolute atomic E-state index is 0.113. The van der Waals surface area contributed by atoms with Gasteiger partial charge in [-0.3, -0.25) is 4.79 Å². The summed E-state index contributed by atoms with van der Waals surface area (Å²) in [6.45, 7) is 7.93. The molecule has 0 N–H and O–H groups in total. The zero-order valence-electron chi connectivity index (χ0n) is 11.9. The van der Waals surface area contributed by atoms with Gasteiger partial charge < -0.3 is 14.2 Å². The number of rotatable bonds is 8. The fourth-order valence-corrected chi connectivity index (χ4v) is 1.62. The molecule has 0 aliphatic carbocycles. The van der Waals surface area contributed by atoms with Gasteiger partial charge in [-0.15, -0.1) is 0 Å². The van der Waals surface area contributed by atoms with Crippen LogP contribution in [0.5, 0.6) is 0 Å². The smallest absolute Gasteiger partial charge is 0.314 e.